The molecule has 0 bridgehead atoms. The lowest BCUT2D eigenvalue weighted by Crippen LogP contribution is -2.47. The minimum atomic E-state index is -3.64. The number of aryl methyl sites for hydroxylation is 1. The van der Waals surface area contributed by atoms with Crippen molar-refractivity contribution in [3.8, 4) is 0 Å². The maximum Gasteiger partial charge on any atom is 0.261 e. The Bertz CT molecular complexity index is 522. The van der Waals surface area contributed by atoms with E-state index in [1.807, 2.05) is 6.92 Å². The van der Waals surface area contributed by atoms with Crippen molar-refractivity contribution in [2.45, 2.75) is 36.9 Å². The lowest BCUT2D eigenvalue weighted by atomic mass is 9.90. The first-order valence-corrected chi connectivity index (χ1v) is 7.61. The Morgan fingerprint density at radius 3 is 2.78 bits per heavy atom. The summed E-state index contributed by atoms with van der Waals surface area (Å²) in [6.45, 7) is 2.57. The molecule has 0 aromatic carbocycles. The zero-order chi connectivity index (χ0) is 13.3. The molecule has 18 heavy (non-hydrogen) atoms. The summed E-state index contributed by atoms with van der Waals surface area (Å²) < 4.78 is 33.5. The van der Waals surface area contributed by atoms with Gasteiger partial charge in [0.05, 0.1) is 12.4 Å². The van der Waals surface area contributed by atoms with Crippen molar-refractivity contribution in [2.24, 2.45) is 7.05 Å². The topological polar surface area (TPSA) is 73.2 Å². The summed E-state index contributed by atoms with van der Waals surface area (Å²) in [5.74, 6) is 0. The molecule has 0 saturated heterocycles. The minimum Gasteiger partial charge on any atom is -0.378 e. The molecule has 0 spiro atoms. The zero-order valence-corrected chi connectivity index (χ0v) is 11.8. The Kier molecular flexibility index (Phi) is 3.96. The van der Waals surface area contributed by atoms with E-state index in [0.717, 1.165) is 0 Å². The molecule has 0 amide bonds. The van der Waals surface area contributed by atoms with Crippen LogP contribution in [0.2, 0.25) is 5.15 Å². The number of hydrogen-bond acceptors (Lipinski definition) is 4. The van der Waals surface area contributed by atoms with Crippen molar-refractivity contribution in [2.75, 3.05) is 6.61 Å². The molecule has 1 aromatic rings. The highest BCUT2D eigenvalue weighted by molar-refractivity contribution is 7.89. The number of rotatable bonds is 5. The van der Waals surface area contributed by atoms with Crippen molar-refractivity contribution < 1.29 is 13.2 Å². The summed E-state index contributed by atoms with van der Waals surface area (Å²) >= 11 is 5.87. The van der Waals surface area contributed by atoms with Crippen molar-refractivity contribution in [3.05, 3.63) is 11.5 Å². The van der Waals surface area contributed by atoms with Gasteiger partial charge in [-0.25, -0.2) is 18.1 Å². The number of hydrogen-bond donors (Lipinski definition) is 1. The second-order valence-electron chi connectivity index (χ2n) is 4.32. The smallest absolute Gasteiger partial charge is 0.261 e. The van der Waals surface area contributed by atoms with E-state index in [1.165, 1.54) is 10.9 Å². The normalized spacial score (nSPS) is 23.9. The van der Waals surface area contributed by atoms with E-state index in [0.29, 0.717) is 19.4 Å². The second kappa shape index (κ2) is 5.16. The zero-order valence-electron chi connectivity index (χ0n) is 10.3. The molecule has 0 radical (unpaired) electrons. The van der Waals surface area contributed by atoms with Crippen LogP contribution < -0.4 is 4.72 Å². The molecule has 1 heterocycles. The van der Waals surface area contributed by atoms with Crippen LogP contribution in [-0.2, 0) is 21.8 Å². The lowest BCUT2D eigenvalue weighted by Gasteiger charge is -2.34. The predicted molar refractivity (Wildman–Crippen MR) is 67.0 cm³/mol. The number of ether oxygens (including phenoxy) is 1. The molecule has 1 aromatic heterocycles. The largest absolute Gasteiger partial charge is 0.378 e. The molecule has 1 aliphatic rings. The Morgan fingerprint density at radius 1 is 1.61 bits per heavy atom. The SMILES string of the molecule is CCOC1CC(NS(=O)(=O)c2ncn(C)c2Cl)C1. The number of sulfonamides is 1. The standard InChI is InChI=1S/C10H16ClN3O3S/c1-3-17-8-4-7(5-8)13-18(15,16)10-9(11)14(2)6-12-10/h6-8,13H,3-5H2,1-2H3. The van der Waals surface area contributed by atoms with Gasteiger partial charge in [0.25, 0.3) is 10.0 Å². The predicted octanol–water partition coefficient (Wildman–Crippen LogP) is 0.919. The molecule has 2 rings (SSSR count). The summed E-state index contributed by atoms with van der Waals surface area (Å²) in [5, 5.41) is -0.00490. The second-order valence-corrected chi connectivity index (χ2v) is 6.31. The van der Waals surface area contributed by atoms with Crippen LogP contribution in [0.1, 0.15) is 19.8 Å². The van der Waals surface area contributed by atoms with Gasteiger partial charge in [-0.2, -0.15) is 0 Å². The molecule has 1 fully saturated rings. The third-order valence-electron chi connectivity index (χ3n) is 2.91. The van der Waals surface area contributed by atoms with Crippen molar-refractivity contribution in [1.29, 1.82) is 0 Å². The number of nitrogens with zero attached hydrogens (tertiary/aromatic N) is 2. The summed E-state index contributed by atoms with van der Waals surface area (Å²) in [4.78, 5) is 3.80. The summed E-state index contributed by atoms with van der Waals surface area (Å²) in [6.07, 6.45) is 2.91. The molecular formula is C10H16ClN3O3S. The molecule has 0 unspecified atom stereocenters. The molecule has 1 saturated carbocycles. The quantitative estimate of drug-likeness (QED) is 0.876. The van der Waals surface area contributed by atoms with Gasteiger partial charge in [-0.05, 0) is 19.8 Å². The van der Waals surface area contributed by atoms with Gasteiger partial charge >= 0.3 is 0 Å². The average molecular weight is 294 g/mol. The maximum atomic E-state index is 12.0. The number of imidazole rings is 1. The summed E-state index contributed by atoms with van der Waals surface area (Å²) in [6, 6.07) is -0.0929. The van der Waals surface area contributed by atoms with Crippen LogP contribution in [0.4, 0.5) is 0 Å². The number of nitrogens with one attached hydrogen (secondary N) is 1. The van der Waals surface area contributed by atoms with E-state index in [1.54, 1.807) is 7.05 Å². The monoisotopic (exact) mass is 293 g/mol. The van der Waals surface area contributed by atoms with Crippen molar-refractivity contribution in [3.63, 3.8) is 0 Å². The van der Waals surface area contributed by atoms with Crippen LogP contribution >= 0.6 is 11.6 Å². The first-order valence-electron chi connectivity index (χ1n) is 5.74. The van der Waals surface area contributed by atoms with E-state index >= 15 is 0 Å². The summed E-state index contributed by atoms with van der Waals surface area (Å²) in [5.41, 5.74) is 0. The fraction of sp³-hybridized carbons (Fsp3) is 0.700. The molecule has 102 valence electrons. The molecule has 6 nitrogen and oxygen atoms in total. The highest BCUT2D eigenvalue weighted by Crippen LogP contribution is 2.26. The average Bonchev–Trinajstić information content (AvgIpc) is 2.57. The molecule has 0 atom stereocenters. The van der Waals surface area contributed by atoms with E-state index in [4.69, 9.17) is 16.3 Å². The van der Waals surface area contributed by atoms with Crippen LogP contribution in [0.15, 0.2) is 11.4 Å². The Hall–Kier alpha value is -0.630. The molecule has 1 N–H and O–H groups in total. The van der Waals surface area contributed by atoms with Gasteiger partial charge in [0.1, 0.15) is 5.15 Å². The van der Waals surface area contributed by atoms with Crippen LogP contribution in [0.3, 0.4) is 0 Å². The Labute approximate surface area is 111 Å². The molecule has 1 aliphatic carbocycles. The van der Waals surface area contributed by atoms with Gasteiger partial charge < -0.3 is 9.30 Å². The summed E-state index contributed by atoms with van der Waals surface area (Å²) in [7, 11) is -2.00. The van der Waals surface area contributed by atoms with Crippen LogP contribution in [0.5, 0.6) is 0 Å². The van der Waals surface area contributed by atoms with Gasteiger partial charge in [0.2, 0.25) is 5.03 Å². The molecular weight excluding hydrogens is 278 g/mol. The van der Waals surface area contributed by atoms with E-state index in [2.05, 4.69) is 9.71 Å². The maximum absolute atomic E-state index is 12.0. The van der Waals surface area contributed by atoms with Gasteiger partial charge in [0.15, 0.2) is 0 Å². The molecule has 8 heteroatoms. The number of aromatic nitrogens is 2. The van der Waals surface area contributed by atoms with E-state index in [-0.39, 0.29) is 22.3 Å². The van der Waals surface area contributed by atoms with Crippen LogP contribution in [0, 0.1) is 0 Å². The van der Waals surface area contributed by atoms with Crippen molar-refractivity contribution in [1.82, 2.24) is 14.3 Å². The fourth-order valence-electron chi connectivity index (χ4n) is 1.88. The van der Waals surface area contributed by atoms with Gasteiger partial charge in [0, 0.05) is 19.7 Å². The third-order valence-corrected chi connectivity index (χ3v) is 4.92. The third kappa shape index (κ3) is 2.69. The van der Waals surface area contributed by atoms with Crippen LogP contribution in [0.25, 0.3) is 0 Å². The Morgan fingerprint density at radius 2 is 2.28 bits per heavy atom. The van der Waals surface area contributed by atoms with E-state index < -0.39 is 10.0 Å². The van der Waals surface area contributed by atoms with E-state index in [9.17, 15) is 8.42 Å². The number of halogens is 1. The molecule has 0 aliphatic heterocycles. The fourth-order valence-corrected chi connectivity index (χ4v) is 3.57. The minimum absolute atomic E-state index is 0.0929. The Balaban J connectivity index is 1.99. The van der Waals surface area contributed by atoms with Gasteiger partial charge in [-0.3, -0.25) is 0 Å². The first-order chi connectivity index (χ1) is 8.44. The van der Waals surface area contributed by atoms with Crippen LogP contribution in [-0.4, -0.2) is 36.7 Å². The van der Waals surface area contributed by atoms with Gasteiger partial charge in [-0.1, -0.05) is 11.6 Å². The van der Waals surface area contributed by atoms with Gasteiger partial charge in [-0.15, -0.1) is 0 Å². The highest BCUT2D eigenvalue weighted by atomic mass is 35.5. The highest BCUT2D eigenvalue weighted by Gasteiger charge is 2.34. The first kappa shape index (κ1) is 13.8. The lowest BCUT2D eigenvalue weighted by molar-refractivity contribution is -0.00477. The van der Waals surface area contributed by atoms with Crippen molar-refractivity contribution >= 4 is 21.6 Å².